The molecular formula is C26H22ClNO5. The summed E-state index contributed by atoms with van der Waals surface area (Å²) in [5.74, 6) is -1.14. The highest BCUT2D eigenvalue weighted by Crippen LogP contribution is 2.46. The number of carbonyl (C=O) groups is 2. The number of amides is 1. The summed E-state index contributed by atoms with van der Waals surface area (Å²) in [5, 5.41) is 11.7. The van der Waals surface area contributed by atoms with Crippen molar-refractivity contribution in [1.82, 2.24) is 0 Å². The fourth-order valence-electron chi connectivity index (χ4n) is 4.11. The van der Waals surface area contributed by atoms with Crippen molar-refractivity contribution in [3.8, 4) is 11.5 Å². The maximum absolute atomic E-state index is 13.4. The normalized spacial score (nSPS) is 17.3. The van der Waals surface area contributed by atoms with Gasteiger partial charge in [0.1, 0.15) is 17.3 Å². The number of aliphatic hydroxyl groups is 1. The van der Waals surface area contributed by atoms with Gasteiger partial charge in [0.2, 0.25) is 0 Å². The van der Waals surface area contributed by atoms with Crippen LogP contribution in [0.4, 0.5) is 5.69 Å². The second kappa shape index (κ2) is 9.00. The van der Waals surface area contributed by atoms with Gasteiger partial charge in [-0.3, -0.25) is 14.5 Å². The maximum atomic E-state index is 13.4. The van der Waals surface area contributed by atoms with E-state index in [2.05, 4.69) is 0 Å². The minimum absolute atomic E-state index is 0.0756. The Balaban J connectivity index is 2.05. The van der Waals surface area contributed by atoms with Crippen molar-refractivity contribution in [3.05, 3.63) is 94.0 Å². The Morgan fingerprint density at radius 3 is 2.30 bits per heavy atom. The van der Waals surface area contributed by atoms with Gasteiger partial charge in [-0.05, 0) is 42.8 Å². The third kappa shape index (κ3) is 3.83. The number of ketones is 1. The standard InChI is InChI=1S/C26H22ClNO5/c1-15-8-4-6-10-19(15)28-23(17-9-5-7-11-20(17)32-2)22(25(30)26(28)31)24(29)18-14-16(27)12-13-21(18)33-3/h4-14,23,29H,1-3H3/b24-22+. The van der Waals surface area contributed by atoms with Gasteiger partial charge in [-0.25, -0.2) is 0 Å². The molecule has 1 unspecified atom stereocenters. The quantitative estimate of drug-likeness (QED) is 0.316. The van der Waals surface area contributed by atoms with E-state index in [9.17, 15) is 14.7 Å². The molecule has 1 fully saturated rings. The molecule has 0 saturated carbocycles. The molecule has 7 heteroatoms. The molecule has 1 heterocycles. The zero-order valence-electron chi connectivity index (χ0n) is 18.3. The van der Waals surface area contributed by atoms with Gasteiger partial charge in [0.25, 0.3) is 11.7 Å². The predicted octanol–water partition coefficient (Wildman–Crippen LogP) is 5.29. The van der Waals surface area contributed by atoms with Crippen LogP contribution in [0.3, 0.4) is 0 Å². The molecule has 0 aromatic heterocycles. The van der Waals surface area contributed by atoms with Crippen molar-refractivity contribution >= 4 is 34.7 Å². The van der Waals surface area contributed by atoms with Crippen LogP contribution in [-0.2, 0) is 9.59 Å². The first-order valence-electron chi connectivity index (χ1n) is 10.2. The van der Waals surface area contributed by atoms with Crippen LogP contribution in [0.15, 0.2) is 72.3 Å². The first-order chi connectivity index (χ1) is 15.9. The van der Waals surface area contributed by atoms with Crippen LogP contribution < -0.4 is 14.4 Å². The Labute approximate surface area is 196 Å². The highest BCUT2D eigenvalue weighted by molar-refractivity contribution is 6.52. The number of carbonyl (C=O) groups excluding carboxylic acids is 2. The SMILES string of the molecule is COc1ccc(Cl)cc1/C(O)=C1\C(=O)C(=O)N(c2ccccc2C)C1c1ccccc1OC. The highest BCUT2D eigenvalue weighted by Gasteiger charge is 2.48. The lowest BCUT2D eigenvalue weighted by Crippen LogP contribution is -2.30. The number of Topliss-reactive ketones (excluding diaryl/α,β-unsaturated/α-hetero) is 1. The van der Waals surface area contributed by atoms with Crippen LogP contribution in [0.5, 0.6) is 11.5 Å². The number of aliphatic hydroxyl groups excluding tert-OH is 1. The minimum atomic E-state index is -0.925. The molecule has 3 aromatic carbocycles. The lowest BCUT2D eigenvalue weighted by molar-refractivity contribution is -0.132. The molecule has 4 rings (SSSR count). The van der Waals surface area contributed by atoms with E-state index in [4.69, 9.17) is 21.1 Å². The van der Waals surface area contributed by atoms with E-state index in [1.54, 1.807) is 48.5 Å². The van der Waals surface area contributed by atoms with Gasteiger partial charge in [-0.1, -0.05) is 48.0 Å². The molecule has 33 heavy (non-hydrogen) atoms. The maximum Gasteiger partial charge on any atom is 0.300 e. The van der Waals surface area contributed by atoms with Gasteiger partial charge in [0.05, 0.1) is 31.4 Å². The number of hydrogen-bond acceptors (Lipinski definition) is 5. The average molecular weight is 464 g/mol. The molecule has 0 radical (unpaired) electrons. The molecule has 6 nitrogen and oxygen atoms in total. The number of ether oxygens (including phenoxy) is 2. The van der Waals surface area contributed by atoms with Crippen molar-refractivity contribution in [3.63, 3.8) is 0 Å². The summed E-state index contributed by atoms with van der Waals surface area (Å²) < 4.78 is 10.9. The number of nitrogens with zero attached hydrogens (tertiary/aromatic N) is 1. The van der Waals surface area contributed by atoms with Gasteiger partial charge >= 0.3 is 0 Å². The molecule has 0 spiro atoms. The number of halogens is 1. The van der Waals surface area contributed by atoms with Gasteiger partial charge in [0, 0.05) is 16.3 Å². The Kier molecular flexibility index (Phi) is 6.11. The lowest BCUT2D eigenvalue weighted by Gasteiger charge is -2.27. The van der Waals surface area contributed by atoms with Gasteiger partial charge in [0.15, 0.2) is 0 Å². The van der Waals surface area contributed by atoms with Crippen LogP contribution in [0.1, 0.15) is 22.7 Å². The zero-order chi connectivity index (χ0) is 23.7. The van der Waals surface area contributed by atoms with Crippen LogP contribution >= 0.6 is 11.6 Å². The summed E-state index contributed by atoms with van der Waals surface area (Å²) in [7, 11) is 2.96. The van der Waals surface area contributed by atoms with E-state index in [1.165, 1.54) is 25.2 Å². The Bertz CT molecular complexity index is 1280. The Morgan fingerprint density at radius 1 is 0.939 bits per heavy atom. The number of para-hydroxylation sites is 2. The molecule has 1 aliphatic heterocycles. The monoisotopic (exact) mass is 463 g/mol. The van der Waals surface area contributed by atoms with Crippen molar-refractivity contribution in [2.75, 3.05) is 19.1 Å². The molecule has 0 aliphatic carbocycles. The van der Waals surface area contributed by atoms with Gasteiger partial charge in [-0.2, -0.15) is 0 Å². The van der Waals surface area contributed by atoms with Crippen LogP contribution in [0.2, 0.25) is 5.02 Å². The van der Waals surface area contributed by atoms with E-state index < -0.39 is 17.7 Å². The second-order valence-electron chi connectivity index (χ2n) is 7.54. The third-order valence-electron chi connectivity index (χ3n) is 5.67. The molecule has 1 saturated heterocycles. The topological polar surface area (TPSA) is 76.1 Å². The average Bonchev–Trinajstić information content (AvgIpc) is 3.09. The first-order valence-corrected chi connectivity index (χ1v) is 10.6. The number of anilines is 1. The molecule has 3 aromatic rings. The molecule has 0 bridgehead atoms. The molecule has 168 valence electrons. The van der Waals surface area contributed by atoms with Crippen molar-refractivity contribution in [2.24, 2.45) is 0 Å². The first kappa shape index (κ1) is 22.4. The fourth-order valence-corrected chi connectivity index (χ4v) is 4.28. The van der Waals surface area contributed by atoms with Crippen LogP contribution in [0.25, 0.3) is 5.76 Å². The van der Waals surface area contributed by atoms with Crippen LogP contribution in [-0.4, -0.2) is 31.0 Å². The summed E-state index contributed by atoms with van der Waals surface area (Å²) >= 11 is 6.16. The van der Waals surface area contributed by atoms with E-state index in [0.717, 1.165) is 5.56 Å². The zero-order valence-corrected chi connectivity index (χ0v) is 19.1. The van der Waals surface area contributed by atoms with E-state index in [1.807, 2.05) is 19.1 Å². The Hall–Kier alpha value is -3.77. The summed E-state index contributed by atoms with van der Waals surface area (Å²) in [4.78, 5) is 28.1. The van der Waals surface area contributed by atoms with Gasteiger partial charge < -0.3 is 14.6 Å². The summed E-state index contributed by atoms with van der Waals surface area (Å²) in [6, 6.07) is 18.1. The number of benzene rings is 3. The summed E-state index contributed by atoms with van der Waals surface area (Å²) in [6.45, 7) is 1.86. The summed E-state index contributed by atoms with van der Waals surface area (Å²) in [6.07, 6.45) is 0. The number of rotatable bonds is 5. The Morgan fingerprint density at radius 2 is 1.61 bits per heavy atom. The van der Waals surface area contributed by atoms with Crippen molar-refractivity contribution < 1.29 is 24.2 Å². The second-order valence-corrected chi connectivity index (χ2v) is 7.98. The van der Waals surface area contributed by atoms with Gasteiger partial charge in [-0.15, -0.1) is 0 Å². The molecule has 1 atom stereocenters. The van der Waals surface area contributed by atoms with E-state index in [0.29, 0.717) is 27.8 Å². The van der Waals surface area contributed by atoms with Crippen molar-refractivity contribution in [2.45, 2.75) is 13.0 Å². The van der Waals surface area contributed by atoms with Crippen LogP contribution in [0, 0.1) is 6.92 Å². The summed E-state index contributed by atoms with van der Waals surface area (Å²) in [5.41, 5.74) is 2.07. The number of hydrogen-bond donors (Lipinski definition) is 1. The van der Waals surface area contributed by atoms with Crippen molar-refractivity contribution in [1.29, 1.82) is 0 Å². The predicted molar refractivity (Wildman–Crippen MR) is 127 cm³/mol. The lowest BCUT2D eigenvalue weighted by atomic mass is 9.94. The molecule has 1 amide bonds. The fraction of sp³-hybridized carbons (Fsp3) is 0.154. The smallest absolute Gasteiger partial charge is 0.300 e. The van der Waals surface area contributed by atoms with E-state index >= 15 is 0 Å². The van der Waals surface area contributed by atoms with E-state index in [-0.39, 0.29) is 16.9 Å². The molecule has 1 aliphatic rings. The number of methoxy groups -OCH3 is 2. The highest BCUT2D eigenvalue weighted by atomic mass is 35.5. The largest absolute Gasteiger partial charge is 0.507 e. The number of aryl methyl sites for hydroxylation is 1. The third-order valence-corrected chi connectivity index (χ3v) is 5.90. The molecular weight excluding hydrogens is 442 g/mol. The molecule has 1 N–H and O–H groups in total. The minimum Gasteiger partial charge on any atom is -0.507 e.